The highest BCUT2D eigenvalue weighted by molar-refractivity contribution is 5.27. The summed E-state index contributed by atoms with van der Waals surface area (Å²) in [7, 11) is 0. The number of hydrogen-bond acceptors (Lipinski definition) is 2. The Morgan fingerprint density at radius 3 is 2.47 bits per heavy atom. The van der Waals surface area contributed by atoms with Gasteiger partial charge in [0.1, 0.15) is 0 Å². The third kappa shape index (κ3) is 3.65. The summed E-state index contributed by atoms with van der Waals surface area (Å²) in [4.78, 5) is 0. The van der Waals surface area contributed by atoms with Crippen LogP contribution < -0.4 is 0 Å². The fraction of sp³-hybridized carbons (Fsp3) is 0.933. The zero-order chi connectivity index (χ0) is 22.7. The van der Waals surface area contributed by atoms with Gasteiger partial charge in [0.05, 0.1) is 11.7 Å². The Morgan fingerprint density at radius 1 is 1.00 bits per heavy atom. The molecule has 0 amide bonds. The molecule has 182 valence electrons. The van der Waals surface area contributed by atoms with Crippen LogP contribution in [0.3, 0.4) is 0 Å². The van der Waals surface area contributed by atoms with E-state index in [1.165, 1.54) is 64.2 Å². The lowest BCUT2D eigenvalue weighted by Crippen LogP contribution is -2.52. The van der Waals surface area contributed by atoms with Gasteiger partial charge in [0.15, 0.2) is 0 Å². The molecule has 2 nitrogen and oxygen atoms in total. The van der Waals surface area contributed by atoms with Gasteiger partial charge in [-0.2, -0.15) is 0 Å². The summed E-state index contributed by atoms with van der Waals surface area (Å²) >= 11 is 0. The Kier molecular flexibility index (Phi) is 6.14. The molecule has 0 saturated heterocycles. The summed E-state index contributed by atoms with van der Waals surface area (Å²) in [5.74, 6) is 4.37. The van der Waals surface area contributed by atoms with Crippen molar-refractivity contribution in [3.8, 4) is 0 Å². The highest BCUT2D eigenvalue weighted by atomic mass is 16.3. The summed E-state index contributed by atoms with van der Waals surface area (Å²) in [6.07, 6.45) is 19.6. The van der Waals surface area contributed by atoms with E-state index in [0.29, 0.717) is 22.7 Å². The fourth-order valence-electron chi connectivity index (χ4n) is 9.99. The van der Waals surface area contributed by atoms with Crippen LogP contribution in [0.15, 0.2) is 11.6 Å². The molecule has 2 heteroatoms. The monoisotopic (exact) mass is 442 g/mol. The fourth-order valence-corrected chi connectivity index (χ4v) is 9.99. The van der Waals surface area contributed by atoms with E-state index in [-0.39, 0.29) is 6.10 Å². The number of aliphatic hydroxyl groups excluding tert-OH is 1. The van der Waals surface area contributed by atoms with E-state index in [9.17, 15) is 10.2 Å². The van der Waals surface area contributed by atoms with Crippen molar-refractivity contribution in [2.24, 2.45) is 46.3 Å². The van der Waals surface area contributed by atoms with E-state index >= 15 is 0 Å². The Bertz CT molecular complexity index is 722. The molecule has 5 rings (SSSR count). The van der Waals surface area contributed by atoms with E-state index in [2.05, 4.69) is 33.8 Å². The number of allylic oxidation sites excluding steroid dienone is 1. The molecule has 0 heterocycles. The Morgan fingerprint density at radius 2 is 1.75 bits per heavy atom. The molecule has 0 aromatic rings. The Hall–Kier alpha value is -0.340. The summed E-state index contributed by atoms with van der Waals surface area (Å²) in [6.45, 7) is 9.70. The van der Waals surface area contributed by atoms with E-state index in [1.807, 2.05) is 0 Å². The number of aliphatic hydroxyl groups is 2. The molecule has 5 aliphatic rings. The van der Waals surface area contributed by atoms with Crippen molar-refractivity contribution < 1.29 is 10.2 Å². The van der Waals surface area contributed by atoms with E-state index in [0.717, 1.165) is 49.4 Å². The van der Waals surface area contributed by atoms with Crippen LogP contribution in [0.5, 0.6) is 0 Å². The zero-order valence-corrected chi connectivity index (χ0v) is 21.4. The van der Waals surface area contributed by atoms with Gasteiger partial charge in [-0.05, 0) is 111 Å². The van der Waals surface area contributed by atoms with Crippen LogP contribution in [-0.4, -0.2) is 21.9 Å². The third-order valence-corrected chi connectivity index (χ3v) is 12.3. The van der Waals surface area contributed by atoms with Crippen molar-refractivity contribution in [3.05, 3.63) is 11.6 Å². The molecule has 32 heavy (non-hydrogen) atoms. The van der Waals surface area contributed by atoms with Gasteiger partial charge < -0.3 is 10.2 Å². The number of rotatable bonds is 5. The van der Waals surface area contributed by atoms with Crippen molar-refractivity contribution in [2.75, 3.05) is 0 Å². The second-order valence-electron chi connectivity index (χ2n) is 13.6. The minimum absolute atomic E-state index is 0.100. The Balaban J connectivity index is 1.32. The van der Waals surface area contributed by atoms with E-state index in [1.54, 1.807) is 5.57 Å². The molecular formula is C30H50O2. The van der Waals surface area contributed by atoms with Gasteiger partial charge >= 0.3 is 0 Å². The maximum absolute atomic E-state index is 11.2. The average Bonchev–Trinajstić information content (AvgIpc) is 3.41. The van der Waals surface area contributed by atoms with Gasteiger partial charge in [-0.3, -0.25) is 0 Å². The zero-order valence-electron chi connectivity index (χ0n) is 21.4. The first-order valence-electron chi connectivity index (χ1n) is 14.3. The van der Waals surface area contributed by atoms with Crippen LogP contribution >= 0.6 is 0 Å². The minimum Gasteiger partial charge on any atom is -0.393 e. The molecule has 0 spiro atoms. The van der Waals surface area contributed by atoms with Gasteiger partial charge in [0, 0.05) is 0 Å². The molecule has 2 N–H and O–H groups in total. The predicted octanol–water partition coefficient (Wildman–Crippen LogP) is 7.28. The van der Waals surface area contributed by atoms with E-state index in [4.69, 9.17) is 0 Å². The quantitative estimate of drug-likeness (QED) is 0.439. The highest BCUT2D eigenvalue weighted by Gasteiger charge is 2.60. The lowest BCUT2D eigenvalue weighted by Gasteiger charge is -2.59. The lowest BCUT2D eigenvalue weighted by atomic mass is 9.46. The smallest absolute Gasteiger partial charge is 0.0682 e. The molecular weight excluding hydrogens is 392 g/mol. The summed E-state index contributed by atoms with van der Waals surface area (Å²) in [5, 5.41) is 22.2. The molecule has 9 atom stereocenters. The third-order valence-electron chi connectivity index (χ3n) is 12.3. The standard InChI is InChI=1S/C30H50O2/c1-5-30(32)17-16-28(3)22(19-30)10-11-23-25-13-12-24(29(25,4)15-14-26(23)28)20(2)27(31)18-21-8-6-7-9-21/h10,20-21,23-27,31-32H,5-9,11-19H2,1-4H3/t20-,23-,24+,25-,26-,27?,28-,29+,30-/m0/s1. The molecule has 0 aliphatic heterocycles. The van der Waals surface area contributed by atoms with E-state index < -0.39 is 5.60 Å². The molecule has 0 radical (unpaired) electrons. The highest BCUT2D eigenvalue weighted by Crippen LogP contribution is 2.68. The molecule has 4 saturated carbocycles. The molecule has 5 aliphatic carbocycles. The van der Waals surface area contributed by atoms with Crippen molar-refractivity contribution in [2.45, 2.75) is 129 Å². The first kappa shape index (κ1) is 23.4. The van der Waals surface area contributed by atoms with Gasteiger partial charge in [-0.25, -0.2) is 0 Å². The molecule has 0 aromatic carbocycles. The molecule has 0 aromatic heterocycles. The molecule has 4 fully saturated rings. The minimum atomic E-state index is -0.454. The van der Waals surface area contributed by atoms with Crippen molar-refractivity contribution in [3.63, 3.8) is 0 Å². The van der Waals surface area contributed by atoms with Crippen LogP contribution in [0, 0.1) is 46.3 Å². The van der Waals surface area contributed by atoms with Crippen LogP contribution in [0.2, 0.25) is 0 Å². The number of hydrogen-bond donors (Lipinski definition) is 2. The maximum atomic E-state index is 11.2. The summed E-state index contributed by atoms with van der Waals surface area (Å²) in [6, 6.07) is 0. The van der Waals surface area contributed by atoms with Crippen molar-refractivity contribution >= 4 is 0 Å². The second kappa shape index (κ2) is 8.40. The van der Waals surface area contributed by atoms with Crippen LogP contribution in [0.4, 0.5) is 0 Å². The normalized spacial score (nSPS) is 48.5. The topological polar surface area (TPSA) is 40.5 Å². The van der Waals surface area contributed by atoms with Crippen molar-refractivity contribution in [1.82, 2.24) is 0 Å². The number of fused-ring (bicyclic) bond motifs is 5. The molecule has 1 unspecified atom stereocenters. The van der Waals surface area contributed by atoms with Gasteiger partial charge in [0.25, 0.3) is 0 Å². The first-order chi connectivity index (χ1) is 15.2. The largest absolute Gasteiger partial charge is 0.393 e. The van der Waals surface area contributed by atoms with Crippen molar-refractivity contribution in [1.29, 1.82) is 0 Å². The Labute approximate surface area is 197 Å². The molecule has 0 bridgehead atoms. The lowest BCUT2D eigenvalue weighted by molar-refractivity contribution is -0.0823. The maximum Gasteiger partial charge on any atom is 0.0682 e. The van der Waals surface area contributed by atoms with Crippen LogP contribution in [0.25, 0.3) is 0 Å². The predicted molar refractivity (Wildman–Crippen MR) is 132 cm³/mol. The van der Waals surface area contributed by atoms with Gasteiger partial charge in [-0.1, -0.05) is 65.0 Å². The summed E-state index contributed by atoms with van der Waals surface area (Å²) in [5.41, 5.74) is 1.87. The van der Waals surface area contributed by atoms with Gasteiger partial charge in [-0.15, -0.1) is 0 Å². The summed E-state index contributed by atoms with van der Waals surface area (Å²) < 4.78 is 0. The SMILES string of the molecule is CC[C@]1(O)CC[C@@]2(C)C(=CC[C@H]3[C@@H]4CC[C@H]([C@H](C)C(O)CC5CCCC5)[C@@]4(C)CC[C@@H]32)C1. The average molecular weight is 443 g/mol. The van der Waals surface area contributed by atoms with Crippen LogP contribution in [0.1, 0.15) is 118 Å². The first-order valence-corrected chi connectivity index (χ1v) is 14.3. The second-order valence-corrected chi connectivity index (χ2v) is 13.6. The van der Waals surface area contributed by atoms with Gasteiger partial charge in [0.2, 0.25) is 0 Å². The van der Waals surface area contributed by atoms with Crippen LogP contribution in [-0.2, 0) is 0 Å².